The van der Waals surface area contributed by atoms with Crippen molar-refractivity contribution in [3.05, 3.63) is 77.9 Å². The van der Waals surface area contributed by atoms with Gasteiger partial charge in [0, 0.05) is 44.8 Å². The highest BCUT2D eigenvalue weighted by Crippen LogP contribution is 2.22. The summed E-state index contributed by atoms with van der Waals surface area (Å²) in [7, 11) is 2.17. The minimum atomic E-state index is 0.103. The summed E-state index contributed by atoms with van der Waals surface area (Å²) in [6.45, 7) is 4.80. The number of piperazine rings is 1. The molecule has 1 fully saturated rings. The van der Waals surface area contributed by atoms with E-state index in [1.165, 1.54) is 27.6 Å². The average molecular weight is 388 g/mol. The summed E-state index contributed by atoms with van der Waals surface area (Å²) in [4.78, 5) is 17.2. The molecule has 29 heavy (non-hydrogen) atoms. The Hall–Kier alpha value is -2.85. The summed E-state index contributed by atoms with van der Waals surface area (Å²) in [5, 5.41) is 5.58. The molecule has 3 aromatic rings. The molecule has 0 radical (unpaired) electrons. The van der Waals surface area contributed by atoms with Crippen molar-refractivity contribution in [3.8, 4) is 0 Å². The van der Waals surface area contributed by atoms with Crippen molar-refractivity contribution < 1.29 is 4.79 Å². The SMILES string of the molecule is CN1CCN(c2ccccc2CNC(=O)CCc2ccc3ccccc3c2)CC1. The van der Waals surface area contributed by atoms with Gasteiger partial charge in [0.25, 0.3) is 0 Å². The number of amides is 1. The standard InChI is InChI=1S/C25H29N3O/c1-27-14-16-28(17-15-27)24-9-5-4-8-23(24)19-26-25(29)13-11-20-10-12-21-6-2-3-7-22(21)18-20/h2-10,12,18H,11,13-17,19H2,1H3,(H,26,29). The third kappa shape index (κ3) is 4.96. The Morgan fingerprint density at radius 1 is 0.897 bits per heavy atom. The van der Waals surface area contributed by atoms with Crippen molar-refractivity contribution in [3.63, 3.8) is 0 Å². The number of likely N-dealkylation sites (N-methyl/N-ethyl adjacent to an activating group) is 1. The van der Waals surface area contributed by atoms with Crippen LogP contribution in [0.15, 0.2) is 66.7 Å². The van der Waals surface area contributed by atoms with Crippen molar-refractivity contribution in [1.29, 1.82) is 0 Å². The lowest BCUT2D eigenvalue weighted by Crippen LogP contribution is -2.45. The second kappa shape index (κ2) is 9.10. The number of hydrogen-bond donors (Lipinski definition) is 1. The fourth-order valence-corrected chi connectivity index (χ4v) is 3.95. The van der Waals surface area contributed by atoms with Crippen molar-refractivity contribution in [2.75, 3.05) is 38.1 Å². The van der Waals surface area contributed by atoms with Gasteiger partial charge in [0.05, 0.1) is 0 Å². The van der Waals surface area contributed by atoms with E-state index in [1.807, 2.05) is 0 Å². The fraction of sp³-hybridized carbons (Fsp3) is 0.320. The third-order valence-corrected chi connectivity index (χ3v) is 5.77. The molecule has 0 bridgehead atoms. The van der Waals surface area contributed by atoms with Gasteiger partial charge in [-0.15, -0.1) is 0 Å². The van der Waals surface area contributed by atoms with Gasteiger partial charge in [0.15, 0.2) is 0 Å². The number of aryl methyl sites for hydroxylation is 1. The minimum Gasteiger partial charge on any atom is -0.369 e. The van der Waals surface area contributed by atoms with E-state index in [0.29, 0.717) is 13.0 Å². The smallest absolute Gasteiger partial charge is 0.220 e. The molecule has 4 heteroatoms. The number of para-hydroxylation sites is 1. The molecule has 1 aliphatic heterocycles. The van der Waals surface area contributed by atoms with E-state index >= 15 is 0 Å². The molecule has 0 aliphatic carbocycles. The first kappa shape index (κ1) is 19.5. The lowest BCUT2D eigenvalue weighted by molar-refractivity contribution is -0.121. The van der Waals surface area contributed by atoms with Crippen LogP contribution in [0.2, 0.25) is 0 Å². The lowest BCUT2D eigenvalue weighted by Gasteiger charge is -2.35. The largest absolute Gasteiger partial charge is 0.369 e. The molecular weight excluding hydrogens is 358 g/mol. The minimum absolute atomic E-state index is 0.103. The Labute approximate surface area is 173 Å². The molecule has 0 spiro atoms. The zero-order valence-corrected chi connectivity index (χ0v) is 17.1. The summed E-state index contributed by atoms with van der Waals surface area (Å²) in [5.74, 6) is 0.103. The van der Waals surface area contributed by atoms with Crippen LogP contribution in [0.4, 0.5) is 5.69 Å². The molecular formula is C25H29N3O. The van der Waals surface area contributed by atoms with Gasteiger partial charge >= 0.3 is 0 Å². The van der Waals surface area contributed by atoms with E-state index in [2.05, 4.69) is 88.9 Å². The Kier molecular flexibility index (Phi) is 6.11. The summed E-state index contributed by atoms with van der Waals surface area (Å²) in [5.41, 5.74) is 3.64. The van der Waals surface area contributed by atoms with E-state index < -0.39 is 0 Å². The molecule has 0 saturated carbocycles. The fourth-order valence-electron chi connectivity index (χ4n) is 3.95. The molecule has 1 aliphatic rings. The zero-order valence-electron chi connectivity index (χ0n) is 17.1. The van der Waals surface area contributed by atoms with Crippen LogP contribution in [-0.2, 0) is 17.8 Å². The van der Waals surface area contributed by atoms with Crippen LogP contribution in [-0.4, -0.2) is 44.0 Å². The Bertz CT molecular complexity index is 976. The molecule has 1 amide bonds. The average Bonchev–Trinajstić information content (AvgIpc) is 2.77. The normalized spacial score (nSPS) is 14.9. The summed E-state index contributed by atoms with van der Waals surface area (Å²) >= 11 is 0. The van der Waals surface area contributed by atoms with Crippen LogP contribution in [0.5, 0.6) is 0 Å². The quantitative estimate of drug-likeness (QED) is 0.698. The van der Waals surface area contributed by atoms with Crippen LogP contribution >= 0.6 is 0 Å². The molecule has 1 saturated heterocycles. The van der Waals surface area contributed by atoms with Crippen molar-refractivity contribution in [2.45, 2.75) is 19.4 Å². The Morgan fingerprint density at radius 2 is 1.62 bits per heavy atom. The number of nitrogens with one attached hydrogen (secondary N) is 1. The summed E-state index contributed by atoms with van der Waals surface area (Å²) in [6, 6.07) is 23.2. The lowest BCUT2D eigenvalue weighted by atomic mass is 10.0. The first-order valence-electron chi connectivity index (χ1n) is 10.4. The highest BCUT2D eigenvalue weighted by molar-refractivity contribution is 5.83. The van der Waals surface area contributed by atoms with Crippen LogP contribution in [0.1, 0.15) is 17.5 Å². The number of hydrogen-bond acceptors (Lipinski definition) is 3. The van der Waals surface area contributed by atoms with Gasteiger partial charge in [-0.05, 0) is 41.4 Å². The van der Waals surface area contributed by atoms with Crippen LogP contribution in [0.25, 0.3) is 10.8 Å². The molecule has 1 N–H and O–H groups in total. The van der Waals surface area contributed by atoms with Crippen molar-refractivity contribution in [2.24, 2.45) is 0 Å². The molecule has 4 nitrogen and oxygen atoms in total. The van der Waals surface area contributed by atoms with Gasteiger partial charge < -0.3 is 15.1 Å². The van der Waals surface area contributed by atoms with Gasteiger partial charge in [0.1, 0.15) is 0 Å². The van der Waals surface area contributed by atoms with E-state index in [0.717, 1.165) is 32.6 Å². The zero-order chi connectivity index (χ0) is 20.1. The van der Waals surface area contributed by atoms with Gasteiger partial charge in [0.2, 0.25) is 5.91 Å². The molecule has 0 atom stereocenters. The van der Waals surface area contributed by atoms with Crippen molar-refractivity contribution >= 4 is 22.4 Å². The number of carbonyl (C=O) groups is 1. The second-order valence-corrected chi connectivity index (χ2v) is 7.88. The predicted octanol–water partition coefficient (Wildman–Crippen LogP) is 3.84. The number of anilines is 1. The van der Waals surface area contributed by atoms with Gasteiger partial charge in [-0.3, -0.25) is 4.79 Å². The Morgan fingerprint density at radius 3 is 2.45 bits per heavy atom. The van der Waals surface area contributed by atoms with E-state index in [-0.39, 0.29) is 5.91 Å². The number of nitrogens with zero attached hydrogens (tertiary/aromatic N) is 2. The molecule has 1 heterocycles. The van der Waals surface area contributed by atoms with Gasteiger partial charge in [-0.2, -0.15) is 0 Å². The van der Waals surface area contributed by atoms with Gasteiger partial charge in [-0.25, -0.2) is 0 Å². The second-order valence-electron chi connectivity index (χ2n) is 7.88. The van der Waals surface area contributed by atoms with E-state index in [1.54, 1.807) is 0 Å². The summed E-state index contributed by atoms with van der Waals surface area (Å²) in [6.07, 6.45) is 1.27. The predicted molar refractivity (Wildman–Crippen MR) is 120 cm³/mol. The molecule has 4 rings (SSSR count). The number of carbonyl (C=O) groups excluding carboxylic acids is 1. The first-order chi connectivity index (χ1) is 14.2. The number of rotatable bonds is 6. The maximum atomic E-state index is 12.5. The molecule has 3 aromatic carbocycles. The topological polar surface area (TPSA) is 35.6 Å². The van der Waals surface area contributed by atoms with Gasteiger partial charge in [-0.1, -0.05) is 60.7 Å². The monoisotopic (exact) mass is 387 g/mol. The number of benzene rings is 3. The highest BCUT2D eigenvalue weighted by atomic mass is 16.1. The highest BCUT2D eigenvalue weighted by Gasteiger charge is 2.16. The van der Waals surface area contributed by atoms with E-state index in [9.17, 15) is 4.79 Å². The maximum Gasteiger partial charge on any atom is 0.220 e. The molecule has 0 unspecified atom stereocenters. The Balaban J connectivity index is 1.32. The van der Waals surface area contributed by atoms with Crippen LogP contribution < -0.4 is 10.2 Å². The first-order valence-corrected chi connectivity index (χ1v) is 10.4. The summed E-state index contributed by atoms with van der Waals surface area (Å²) < 4.78 is 0. The van der Waals surface area contributed by atoms with E-state index in [4.69, 9.17) is 0 Å². The number of fused-ring (bicyclic) bond motifs is 1. The van der Waals surface area contributed by atoms with Crippen molar-refractivity contribution in [1.82, 2.24) is 10.2 Å². The van der Waals surface area contributed by atoms with Crippen LogP contribution in [0.3, 0.4) is 0 Å². The molecule has 0 aromatic heterocycles. The molecule has 150 valence electrons. The third-order valence-electron chi connectivity index (χ3n) is 5.77. The maximum absolute atomic E-state index is 12.5. The van der Waals surface area contributed by atoms with Crippen LogP contribution in [0, 0.1) is 0 Å².